The van der Waals surface area contributed by atoms with Gasteiger partial charge in [0.1, 0.15) is 0 Å². The van der Waals surface area contributed by atoms with Crippen LogP contribution in [0.2, 0.25) is 12.6 Å². The van der Waals surface area contributed by atoms with Gasteiger partial charge in [0.2, 0.25) is 0 Å². The normalized spacial score (nSPS) is 12.0. The van der Waals surface area contributed by atoms with Crippen LogP contribution in [0.1, 0.15) is 13.8 Å². The Bertz CT molecular complexity index is 105. The van der Waals surface area contributed by atoms with Crippen molar-refractivity contribution in [3.05, 3.63) is 0 Å². The third-order valence-corrected chi connectivity index (χ3v) is 5.59. The molecular formula is C8H20O2SSi. The van der Waals surface area contributed by atoms with Crippen molar-refractivity contribution >= 4 is 20.3 Å². The molecule has 0 fully saturated rings. The molecule has 0 amide bonds. The third-order valence-electron chi connectivity index (χ3n) is 1.66. The molecule has 0 spiro atoms. The van der Waals surface area contributed by atoms with Gasteiger partial charge in [-0.05, 0) is 38.4 Å². The summed E-state index contributed by atoms with van der Waals surface area (Å²) in [5.74, 6) is 1.14. The van der Waals surface area contributed by atoms with Crippen molar-refractivity contribution in [3.63, 3.8) is 0 Å². The van der Waals surface area contributed by atoms with E-state index in [1.807, 2.05) is 25.6 Å². The zero-order valence-electron chi connectivity index (χ0n) is 8.55. The van der Waals surface area contributed by atoms with Crippen LogP contribution in [0, 0.1) is 0 Å². The molecule has 0 saturated heterocycles. The maximum Gasteiger partial charge on any atom is 0.335 e. The maximum absolute atomic E-state index is 5.68. The summed E-state index contributed by atoms with van der Waals surface area (Å²) in [5.41, 5.74) is 0. The SMILES string of the molecule is CCO[Si](C)(CCSC)OCC. The van der Waals surface area contributed by atoms with Gasteiger partial charge in [-0.1, -0.05) is 0 Å². The lowest BCUT2D eigenvalue weighted by Crippen LogP contribution is -2.39. The highest BCUT2D eigenvalue weighted by molar-refractivity contribution is 7.98. The van der Waals surface area contributed by atoms with E-state index in [0.717, 1.165) is 25.0 Å². The van der Waals surface area contributed by atoms with Crippen molar-refractivity contribution in [1.82, 2.24) is 0 Å². The van der Waals surface area contributed by atoms with E-state index in [1.165, 1.54) is 0 Å². The Morgan fingerprint density at radius 1 is 1.17 bits per heavy atom. The summed E-state index contributed by atoms with van der Waals surface area (Å²) in [4.78, 5) is 0. The number of thioether (sulfide) groups is 1. The van der Waals surface area contributed by atoms with Crippen LogP contribution < -0.4 is 0 Å². The summed E-state index contributed by atoms with van der Waals surface area (Å²) >= 11 is 1.85. The summed E-state index contributed by atoms with van der Waals surface area (Å²) in [7, 11) is -1.79. The highest BCUT2D eigenvalue weighted by Gasteiger charge is 2.29. The predicted octanol–water partition coefficient (Wildman–Crippen LogP) is 2.49. The van der Waals surface area contributed by atoms with Crippen LogP contribution in [-0.2, 0) is 8.85 Å². The van der Waals surface area contributed by atoms with E-state index in [4.69, 9.17) is 8.85 Å². The van der Waals surface area contributed by atoms with Crippen LogP contribution in [0.25, 0.3) is 0 Å². The molecule has 0 N–H and O–H groups in total. The standard InChI is InChI=1S/C8H20O2SSi/c1-5-9-12(4,10-6-2)8-7-11-3/h5-8H2,1-4H3. The highest BCUT2D eigenvalue weighted by Crippen LogP contribution is 2.15. The van der Waals surface area contributed by atoms with E-state index in [0.29, 0.717) is 0 Å². The molecule has 0 rings (SSSR count). The first-order valence-electron chi connectivity index (χ1n) is 4.45. The van der Waals surface area contributed by atoms with Crippen LogP contribution in [0.4, 0.5) is 0 Å². The van der Waals surface area contributed by atoms with E-state index in [-0.39, 0.29) is 0 Å². The number of hydrogen-bond donors (Lipinski definition) is 0. The van der Waals surface area contributed by atoms with E-state index >= 15 is 0 Å². The van der Waals surface area contributed by atoms with Gasteiger partial charge in [0.15, 0.2) is 0 Å². The summed E-state index contributed by atoms with van der Waals surface area (Å²) in [6.45, 7) is 7.76. The lowest BCUT2D eigenvalue weighted by atomic mass is 10.9. The van der Waals surface area contributed by atoms with Crippen molar-refractivity contribution in [2.24, 2.45) is 0 Å². The van der Waals surface area contributed by atoms with E-state index < -0.39 is 8.56 Å². The molecule has 0 unspecified atom stereocenters. The van der Waals surface area contributed by atoms with Gasteiger partial charge in [0, 0.05) is 13.2 Å². The molecule has 0 heterocycles. The Labute approximate surface area is 81.3 Å². The molecule has 0 aromatic heterocycles. The number of rotatable bonds is 7. The van der Waals surface area contributed by atoms with Crippen LogP contribution in [0.3, 0.4) is 0 Å². The molecule has 74 valence electrons. The highest BCUT2D eigenvalue weighted by atomic mass is 32.2. The zero-order valence-corrected chi connectivity index (χ0v) is 10.4. The molecule has 0 aliphatic rings. The molecule has 0 aliphatic heterocycles. The molecule has 4 heteroatoms. The van der Waals surface area contributed by atoms with E-state index in [1.54, 1.807) is 0 Å². The molecule has 12 heavy (non-hydrogen) atoms. The van der Waals surface area contributed by atoms with Crippen LogP contribution >= 0.6 is 11.8 Å². The summed E-state index contributed by atoms with van der Waals surface area (Å²) in [6, 6.07) is 1.09. The monoisotopic (exact) mass is 208 g/mol. The van der Waals surface area contributed by atoms with Gasteiger partial charge in [0.05, 0.1) is 0 Å². The van der Waals surface area contributed by atoms with Crippen molar-refractivity contribution in [2.45, 2.75) is 26.4 Å². The van der Waals surface area contributed by atoms with Crippen molar-refractivity contribution < 1.29 is 8.85 Å². The Hall–Kier alpha value is 0.487. The molecule has 0 bridgehead atoms. The minimum Gasteiger partial charge on any atom is -0.395 e. The van der Waals surface area contributed by atoms with Crippen LogP contribution in [0.15, 0.2) is 0 Å². The maximum atomic E-state index is 5.68. The third kappa shape index (κ3) is 5.19. The van der Waals surface area contributed by atoms with E-state index in [9.17, 15) is 0 Å². The lowest BCUT2D eigenvalue weighted by Gasteiger charge is -2.25. The molecule has 0 aliphatic carbocycles. The fourth-order valence-electron chi connectivity index (χ4n) is 1.08. The van der Waals surface area contributed by atoms with Gasteiger partial charge in [-0.2, -0.15) is 11.8 Å². The van der Waals surface area contributed by atoms with Crippen molar-refractivity contribution in [2.75, 3.05) is 25.2 Å². The minimum absolute atomic E-state index is 0.775. The van der Waals surface area contributed by atoms with Crippen LogP contribution in [-0.4, -0.2) is 33.8 Å². The predicted molar refractivity (Wildman–Crippen MR) is 58.1 cm³/mol. The molecule has 0 atom stereocenters. The Balaban J connectivity index is 3.80. The Kier molecular flexibility index (Phi) is 7.23. The second-order valence-electron chi connectivity index (χ2n) is 2.74. The smallest absolute Gasteiger partial charge is 0.335 e. The fourth-order valence-corrected chi connectivity index (χ4v) is 4.98. The minimum atomic E-state index is -1.79. The zero-order chi connectivity index (χ0) is 9.45. The molecule has 2 nitrogen and oxygen atoms in total. The van der Waals surface area contributed by atoms with Crippen LogP contribution in [0.5, 0.6) is 0 Å². The van der Waals surface area contributed by atoms with Crippen molar-refractivity contribution in [1.29, 1.82) is 0 Å². The largest absolute Gasteiger partial charge is 0.395 e. The van der Waals surface area contributed by atoms with Gasteiger partial charge < -0.3 is 8.85 Å². The first-order valence-corrected chi connectivity index (χ1v) is 8.37. The second-order valence-corrected chi connectivity index (χ2v) is 7.07. The Morgan fingerprint density at radius 2 is 1.67 bits per heavy atom. The average molecular weight is 208 g/mol. The first-order chi connectivity index (χ1) is 5.68. The van der Waals surface area contributed by atoms with E-state index in [2.05, 4.69) is 12.8 Å². The Morgan fingerprint density at radius 3 is 2.00 bits per heavy atom. The van der Waals surface area contributed by atoms with Gasteiger partial charge in [-0.15, -0.1) is 0 Å². The van der Waals surface area contributed by atoms with Gasteiger partial charge in [0.25, 0.3) is 0 Å². The molecule has 0 aromatic carbocycles. The second kappa shape index (κ2) is 6.94. The summed E-state index contributed by atoms with van der Waals surface area (Å²) < 4.78 is 11.4. The average Bonchev–Trinajstić information content (AvgIpc) is 2.02. The number of hydrogen-bond acceptors (Lipinski definition) is 3. The molecule has 0 saturated carbocycles. The fraction of sp³-hybridized carbons (Fsp3) is 1.00. The molecule has 0 radical (unpaired) electrons. The van der Waals surface area contributed by atoms with Gasteiger partial charge in [-0.25, -0.2) is 0 Å². The quantitative estimate of drug-likeness (QED) is 0.599. The van der Waals surface area contributed by atoms with Crippen molar-refractivity contribution in [3.8, 4) is 0 Å². The lowest BCUT2D eigenvalue weighted by molar-refractivity contribution is 0.190. The summed E-state index contributed by atoms with van der Waals surface area (Å²) in [5, 5.41) is 0. The topological polar surface area (TPSA) is 18.5 Å². The first kappa shape index (κ1) is 12.5. The summed E-state index contributed by atoms with van der Waals surface area (Å²) in [6.07, 6.45) is 2.12. The molecule has 0 aromatic rings. The van der Waals surface area contributed by atoms with Gasteiger partial charge in [-0.3, -0.25) is 0 Å². The molecular weight excluding hydrogens is 188 g/mol. The van der Waals surface area contributed by atoms with Gasteiger partial charge >= 0.3 is 8.56 Å².